The number of allylic oxidation sites excluding steroid dienone is 2. The molecule has 1 nitrogen and oxygen atoms in total. The van der Waals surface area contributed by atoms with E-state index in [1.54, 1.807) is 0 Å². The van der Waals surface area contributed by atoms with Crippen LogP contribution >= 0.6 is 0 Å². The van der Waals surface area contributed by atoms with Crippen LogP contribution in [0.25, 0.3) is 21.9 Å². The number of carbonyl (C=O) groups is 1. The Bertz CT molecular complexity index is 1120. The zero-order chi connectivity index (χ0) is 18.0. The molecular weight excluding hydrogens is 328 g/mol. The van der Waals surface area contributed by atoms with Crippen molar-refractivity contribution in [2.24, 2.45) is 5.92 Å². The van der Waals surface area contributed by atoms with Gasteiger partial charge >= 0.3 is 0 Å². The number of Topliss-reactive ketones (excluding diaryl/α,β-unsaturated/α-hetero) is 1. The summed E-state index contributed by atoms with van der Waals surface area (Å²) in [5.74, 6) is 0.982. The van der Waals surface area contributed by atoms with Crippen LogP contribution in [0.3, 0.4) is 0 Å². The van der Waals surface area contributed by atoms with Gasteiger partial charge in [0.2, 0.25) is 0 Å². The molecule has 3 aliphatic rings. The van der Waals surface area contributed by atoms with Crippen LogP contribution in [0.2, 0.25) is 0 Å². The molecule has 1 saturated carbocycles. The fourth-order valence-electron chi connectivity index (χ4n) is 5.85. The van der Waals surface area contributed by atoms with Gasteiger partial charge in [-0.2, -0.15) is 0 Å². The maximum absolute atomic E-state index is 13.2. The van der Waals surface area contributed by atoms with Crippen molar-refractivity contribution in [3.05, 3.63) is 83.4 Å². The molecule has 27 heavy (non-hydrogen) atoms. The predicted molar refractivity (Wildman–Crippen MR) is 110 cm³/mol. The SMILES string of the molecule is O=C1CCc2cc3ccc(-c4ccccc4)cc3cc2C12CC1=CCC2C1. The van der Waals surface area contributed by atoms with E-state index in [1.807, 2.05) is 0 Å². The van der Waals surface area contributed by atoms with E-state index in [-0.39, 0.29) is 5.41 Å². The fraction of sp³-hybridized carbons (Fsp3) is 0.269. The molecule has 0 N–H and O–H groups in total. The fourth-order valence-corrected chi connectivity index (χ4v) is 5.85. The lowest BCUT2D eigenvalue weighted by atomic mass is 9.61. The monoisotopic (exact) mass is 350 g/mol. The Morgan fingerprint density at radius 3 is 2.52 bits per heavy atom. The third kappa shape index (κ3) is 2.09. The normalized spacial score (nSPS) is 25.9. The molecule has 0 aliphatic heterocycles. The van der Waals surface area contributed by atoms with Crippen molar-refractivity contribution >= 4 is 16.6 Å². The van der Waals surface area contributed by atoms with E-state index in [2.05, 4.69) is 66.7 Å². The van der Waals surface area contributed by atoms with Crippen molar-refractivity contribution in [3.8, 4) is 11.1 Å². The van der Waals surface area contributed by atoms with Gasteiger partial charge in [-0.1, -0.05) is 60.2 Å². The first-order chi connectivity index (χ1) is 13.2. The van der Waals surface area contributed by atoms with E-state index in [4.69, 9.17) is 0 Å². The molecule has 1 fully saturated rings. The Balaban J connectivity index is 1.56. The number of fused-ring (bicyclic) bond motifs is 6. The third-order valence-corrected chi connectivity index (χ3v) is 7.17. The number of carbonyl (C=O) groups excluding carboxylic acids is 1. The maximum atomic E-state index is 13.2. The van der Waals surface area contributed by atoms with Crippen molar-refractivity contribution in [2.45, 2.75) is 37.5 Å². The van der Waals surface area contributed by atoms with E-state index in [0.29, 0.717) is 18.1 Å². The van der Waals surface area contributed by atoms with Gasteiger partial charge in [0.1, 0.15) is 5.78 Å². The molecule has 2 unspecified atom stereocenters. The summed E-state index contributed by atoms with van der Waals surface area (Å²) in [6, 6.07) is 22.0. The molecule has 3 aromatic carbocycles. The highest BCUT2D eigenvalue weighted by Crippen LogP contribution is 2.57. The lowest BCUT2D eigenvalue weighted by Crippen LogP contribution is -2.43. The minimum Gasteiger partial charge on any atom is -0.299 e. The van der Waals surface area contributed by atoms with Gasteiger partial charge in [-0.05, 0) is 76.8 Å². The van der Waals surface area contributed by atoms with E-state index < -0.39 is 0 Å². The van der Waals surface area contributed by atoms with Crippen LogP contribution in [-0.2, 0) is 16.6 Å². The van der Waals surface area contributed by atoms with E-state index in [1.165, 1.54) is 38.6 Å². The van der Waals surface area contributed by atoms with Crippen LogP contribution < -0.4 is 0 Å². The highest BCUT2D eigenvalue weighted by atomic mass is 16.1. The van der Waals surface area contributed by atoms with Crippen LogP contribution in [0, 0.1) is 5.92 Å². The number of ketones is 1. The summed E-state index contributed by atoms with van der Waals surface area (Å²) in [6.45, 7) is 0. The summed E-state index contributed by atoms with van der Waals surface area (Å²) in [5.41, 5.74) is 6.52. The summed E-state index contributed by atoms with van der Waals surface area (Å²) < 4.78 is 0. The minimum absolute atomic E-state index is 0.228. The Morgan fingerprint density at radius 2 is 1.74 bits per heavy atom. The standard InChI is InChI=1S/C26H22O/c27-25-11-9-21-13-20-8-7-19(18-4-2-1-3-5-18)14-22(20)15-24(21)26(25)16-17-6-10-23(26)12-17/h1-8,13-15,23H,9-12,16H2. The largest absolute Gasteiger partial charge is 0.299 e. The lowest BCUT2D eigenvalue weighted by Gasteiger charge is -2.40. The molecule has 2 bridgehead atoms. The molecule has 0 heterocycles. The Labute approximate surface area is 159 Å². The first-order valence-electron chi connectivity index (χ1n) is 10.1. The number of aryl methyl sites for hydroxylation is 1. The lowest BCUT2D eigenvalue weighted by molar-refractivity contribution is -0.126. The summed E-state index contributed by atoms with van der Waals surface area (Å²) in [6.07, 6.45) is 7.18. The van der Waals surface area contributed by atoms with Crippen LogP contribution in [0.1, 0.15) is 36.8 Å². The van der Waals surface area contributed by atoms with Gasteiger partial charge in [0.05, 0.1) is 5.41 Å². The number of hydrogen-bond acceptors (Lipinski definition) is 1. The molecule has 0 amide bonds. The molecule has 0 radical (unpaired) electrons. The average molecular weight is 350 g/mol. The Morgan fingerprint density at radius 1 is 0.852 bits per heavy atom. The molecule has 3 aromatic rings. The van der Waals surface area contributed by atoms with Crippen molar-refractivity contribution in [3.63, 3.8) is 0 Å². The maximum Gasteiger partial charge on any atom is 0.144 e. The van der Waals surface area contributed by atoms with Gasteiger partial charge in [-0.25, -0.2) is 0 Å². The van der Waals surface area contributed by atoms with Gasteiger partial charge in [0.25, 0.3) is 0 Å². The average Bonchev–Trinajstić information content (AvgIpc) is 3.33. The molecule has 2 atom stereocenters. The van der Waals surface area contributed by atoms with E-state index in [0.717, 1.165) is 25.7 Å². The van der Waals surface area contributed by atoms with Gasteiger partial charge in [-0.15, -0.1) is 0 Å². The summed E-state index contributed by atoms with van der Waals surface area (Å²) in [5, 5.41) is 2.56. The van der Waals surface area contributed by atoms with Gasteiger partial charge in [-0.3, -0.25) is 4.79 Å². The highest BCUT2D eigenvalue weighted by Gasteiger charge is 2.55. The zero-order valence-electron chi connectivity index (χ0n) is 15.4. The second kappa shape index (κ2) is 5.42. The topological polar surface area (TPSA) is 17.1 Å². The van der Waals surface area contributed by atoms with Crippen LogP contribution in [0.4, 0.5) is 0 Å². The third-order valence-electron chi connectivity index (χ3n) is 7.17. The summed E-state index contributed by atoms with van der Waals surface area (Å²) in [7, 11) is 0. The van der Waals surface area contributed by atoms with Crippen molar-refractivity contribution in [2.75, 3.05) is 0 Å². The molecule has 0 aromatic heterocycles. The van der Waals surface area contributed by atoms with Gasteiger partial charge in [0.15, 0.2) is 0 Å². The number of rotatable bonds is 1. The number of benzene rings is 3. The first kappa shape index (κ1) is 15.4. The molecule has 132 valence electrons. The number of hydrogen-bond donors (Lipinski definition) is 0. The first-order valence-corrected chi connectivity index (χ1v) is 10.1. The van der Waals surface area contributed by atoms with Crippen molar-refractivity contribution < 1.29 is 4.79 Å². The van der Waals surface area contributed by atoms with Crippen LogP contribution in [0.5, 0.6) is 0 Å². The van der Waals surface area contributed by atoms with Crippen LogP contribution in [0.15, 0.2) is 72.3 Å². The molecular formula is C26H22O. The minimum atomic E-state index is -0.228. The molecule has 1 spiro atoms. The molecule has 6 rings (SSSR count). The molecule has 3 aliphatic carbocycles. The molecule has 0 saturated heterocycles. The van der Waals surface area contributed by atoms with Crippen molar-refractivity contribution in [1.29, 1.82) is 0 Å². The molecule has 1 heteroatoms. The second-order valence-corrected chi connectivity index (χ2v) is 8.51. The van der Waals surface area contributed by atoms with E-state index in [9.17, 15) is 4.79 Å². The Hall–Kier alpha value is -2.67. The smallest absolute Gasteiger partial charge is 0.144 e. The summed E-state index contributed by atoms with van der Waals surface area (Å²) in [4.78, 5) is 13.2. The Kier molecular flexibility index (Phi) is 3.09. The van der Waals surface area contributed by atoms with Gasteiger partial charge in [0, 0.05) is 6.42 Å². The zero-order valence-corrected chi connectivity index (χ0v) is 15.4. The van der Waals surface area contributed by atoms with Gasteiger partial charge < -0.3 is 0 Å². The summed E-state index contributed by atoms with van der Waals surface area (Å²) >= 11 is 0. The van der Waals surface area contributed by atoms with E-state index >= 15 is 0 Å². The highest BCUT2D eigenvalue weighted by molar-refractivity contribution is 5.97. The predicted octanol–water partition coefficient (Wildman–Crippen LogP) is 6.00. The quantitative estimate of drug-likeness (QED) is 0.492. The van der Waals surface area contributed by atoms with Crippen molar-refractivity contribution in [1.82, 2.24) is 0 Å². The second-order valence-electron chi connectivity index (χ2n) is 8.51. The van der Waals surface area contributed by atoms with Crippen LogP contribution in [-0.4, -0.2) is 5.78 Å².